The highest BCUT2D eigenvalue weighted by molar-refractivity contribution is 7.99. The molecule has 0 saturated carbocycles. The first kappa shape index (κ1) is 15.9. The summed E-state index contributed by atoms with van der Waals surface area (Å²) in [5.41, 5.74) is 1.27. The Bertz CT molecular complexity index is 577. The van der Waals surface area contributed by atoms with Crippen molar-refractivity contribution in [2.45, 2.75) is 24.8 Å². The van der Waals surface area contributed by atoms with Crippen LogP contribution in [0.2, 0.25) is 0 Å². The van der Waals surface area contributed by atoms with Gasteiger partial charge in [-0.05, 0) is 24.8 Å². The van der Waals surface area contributed by atoms with Crippen LogP contribution in [0.5, 0.6) is 0 Å². The zero-order valence-electron chi connectivity index (χ0n) is 11.3. The second-order valence-corrected chi connectivity index (χ2v) is 7.85. The average molecular weight is 298 g/mol. The molecule has 0 radical (unpaired) electrons. The van der Waals surface area contributed by atoms with E-state index in [-0.39, 0.29) is 11.8 Å². The summed E-state index contributed by atoms with van der Waals surface area (Å²) < 4.78 is 22.5. The first-order valence-corrected chi connectivity index (χ1v) is 9.02. The maximum Gasteiger partial charge on any atom is 0.149 e. The van der Waals surface area contributed by atoms with Crippen molar-refractivity contribution >= 4 is 27.3 Å². The van der Waals surface area contributed by atoms with E-state index in [1.807, 2.05) is 19.1 Å². The van der Waals surface area contributed by atoms with E-state index in [0.717, 1.165) is 10.6 Å². The summed E-state index contributed by atoms with van der Waals surface area (Å²) in [7, 11) is -3.03. The van der Waals surface area contributed by atoms with Crippen LogP contribution >= 0.6 is 11.8 Å². The predicted molar refractivity (Wildman–Crippen MR) is 80.4 cm³/mol. The van der Waals surface area contributed by atoms with Gasteiger partial charge in [0.25, 0.3) is 0 Å². The van der Waals surface area contributed by atoms with Gasteiger partial charge in [-0.3, -0.25) is 0 Å². The number of rotatable bonds is 6. The highest BCUT2D eigenvalue weighted by atomic mass is 32.2. The molecule has 1 N–H and O–H groups in total. The zero-order valence-corrected chi connectivity index (χ0v) is 12.9. The molecule has 0 spiro atoms. The highest BCUT2D eigenvalue weighted by Crippen LogP contribution is 2.28. The second kappa shape index (κ2) is 6.83. The summed E-state index contributed by atoms with van der Waals surface area (Å²) >= 11 is 1.60. The summed E-state index contributed by atoms with van der Waals surface area (Å²) in [6, 6.07) is 7.53. The minimum atomic E-state index is -3.03. The van der Waals surface area contributed by atoms with E-state index in [1.165, 1.54) is 6.26 Å². The third kappa shape index (κ3) is 5.13. The van der Waals surface area contributed by atoms with Gasteiger partial charge in [0, 0.05) is 17.2 Å². The van der Waals surface area contributed by atoms with E-state index in [1.54, 1.807) is 24.8 Å². The molecule has 1 aromatic rings. The molecule has 0 bridgehead atoms. The topological polar surface area (TPSA) is 70.0 Å². The molecular formula is C13H18N2O2S2. The molecule has 0 aliphatic heterocycles. The molecule has 0 fully saturated rings. The Morgan fingerprint density at radius 1 is 1.47 bits per heavy atom. The smallest absolute Gasteiger partial charge is 0.149 e. The van der Waals surface area contributed by atoms with Gasteiger partial charge in [0.2, 0.25) is 0 Å². The van der Waals surface area contributed by atoms with Crippen LogP contribution in [0.25, 0.3) is 0 Å². The van der Waals surface area contributed by atoms with Crippen LogP contribution in [0.1, 0.15) is 19.4 Å². The van der Waals surface area contributed by atoms with Crippen molar-refractivity contribution in [1.29, 1.82) is 5.26 Å². The zero-order chi connectivity index (χ0) is 14.5. The fourth-order valence-electron chi connectivity index (χ4n) is 1.80. The van der Waals surface area contributed by atoms with E-state index < -0.39 is 9.84 Å². The van der Waals surface area contributed by atoms with E-state index in [2.05, 4.69) is 11.4 Å². The first-order valence-electron chi connectivity index (χ1n) is 5.97. The van der Waals surface area contributed by atoms with Gasteiger partial charge in [-0.1, -0.05) is 13.0 Å². The predicted octanol–water partition coefficient (Wildman–Crippen LogP) is 2.52. The van der Waals surface area contributed by atoms with E-state index in [0.29, 0.717) is 11.3 Å². The van der Waals surface area contributed by atoms with Gasteiger partial charge in [0.1, 0.15) is 15.9 Å². The first-order chi connectivity index (χ1) is 8.87. The van der Waals surface area contributed by atoms with Crippen LogP contribution in [-0.2, 0) is 9.84 Å². The Labute approximate surface area is 119 Å². The molecule has 0 aliphatic carbocycles. The number of nitrogens with zero attached hydrogens (tertiary/aromatic N) is 1. The van der Waals surface area contributed by atoms with Gasteiger partial charge in [-0.15, -0.1) is 11.8 Å². The van der Waals surface area contributed by atoms with E-state index in [4.69, 9.17) is 0 Å². The van der Waals surface area contributed by atoms with Gasteiger partial charge >= 0.3 is 0 Å². The van der Waals surface area contributed by atoms with Crippen LogP contribution in [0.4, 0.5) is 5.69 Å². The minimum Gasteiger partial charge on any atom is -0.380 e. The molecule has 6 heteroatoms. The van der Waals surface area contributed by atoms with Crippen LogP contribution in [0.3, 0.4) is 0 Å². The summed E-state index contributed by atoms with van der Waals surface area (Å²) in [4.78, 5) is 0.918. The van der Waals surface area contributed by atoms with Gasteiger partial charge in [0.05, 0.1) is 17.0 Å². The number of anilines is 1. The summed E-state index contributed by atoms with van der Waals surface area (Å²) in [6.45, 7) is 3.82. The molecule has 0 aromatic heterocycles. The molecule has 0 amide bonds. The van der Waals surface area contributed by atoms with Crippen LogP contribution in [-0.4, -0.2) is 32.2 Å². The lowest BCUT2D eigenvalue weighted by molar-refractivity contribution is 0.598. The van der Waals surface area contributed by atoms with Crippen molar-refractivity contribution in [2.24, 2.45) is 0 Å². The van der Waals surface area contributed by atoms with Gasteiger partial charge in [0.15, 0.2) is 0 Å². The lowest BCUT2D eigenvalue weighted by Gasteiger charge is -2.16. The third-order valence-electron chi connectivity index (χ3n) is 2.39. The van der Waals surface area contributed by atoms with Gasteiger partial charge in [-0.25, -0.2) is 8.42 Å². The molecule has 0 heterocycles. The maximum atomic E-state index is 11.2. The number of nitrogens with one attached hydrogen (secondary N) is 1. The van der Waals surface area contributed by atoms with Crippen LogP contribution < -0.4 is 5.32 Å². The molecule has 19 heavy (non-hydrogen) atoms. The van der Waals surface area contributed by atoms with Crippen molar-refractivity contribution in [3.8, 4) is 6.07 Å². The molecule has 1 aromatic carbocycles. The standard InChI is InChI=1S/C13H18N2O2S2/c1-4-18-13-7-5-6-12(11(13)8-14)15-10(2)9-19(3,16)17/h5-7,10,15H,4,9H2,1-3H3. The number of hydrogen-bond acceptors (Lipinski definition) is 5. The molecule has 0 aliphatic rings. The fraction of sp³-hybridized carbons (Fsp3) is 0.462. The number of sulfone groups is 1. The summed E-state index contributed by atoms with van der Waals surface area (Å²) in [5, 5.41) is 12.4. The maximum absolute atomic E-state index is 11.2. The van der Waals surface area contributed by atoms with Crippen molar-refractivity contribution in [1.82, 2.24) is 0 Å². The largest absolute Gasteiger partial charge is 0.380 e. The SMILES string of the molecule is CCSc1cccc(NC(C)CS(C)(=O)=O)c1C#N. The number of hydrogen-bond donors (Lipinski definition) is 1. The van der Waals surface area contributed by atoms with Crippen LogP contribution in [0.15, 0.2) is 23.1 Å². The normalized spacial score (nSPS) is 12.7. The molecular weight excluding hydrogens is 280 g/mol. The van der Waals surface area contributed by atoms with Gasteiger partial charge < -0.3 is 5.32 Å². The summed E-state index contributed by atoms with van der Waals surface area (Å²) in [6.07, 6.45) is 1.21. The average Bonchev–Trinajstić information content (AvgIpc) is 2.27. The lowest BCUT2D eigenvalue weighted by atomic mass is 10.2. The quantitative estimate of drug-likeness (QED) is 0.817. The van der Waals surface area contributed by atoms with Crippen LogP contribution in [0, 0.1) is 11.3 Å². The van der Waals surface area contributed by atoms with Crippen molar-refractivity contribution in [2.75, 3.05) is 23.1 Å². The van der Waals surface area contributed by atoms with Crippen molar-refractivity contribution < 1.29 is 8.42 Å². The molecule has 1 atom stereocenters. The fourth-order valence-corrected chi connectivity index (χ4v) is 3.58. The second-order valence-electron chi connectivity index (χ2n) is 4.36. The third-order valence-corrected chi connectivity index (χ3v) is 4.44. The van der Waals surface area contributed by atoms with Crippen molar-refractivity contribution in [3.05, 3.63) is 23.8 Å². The molecule has 4 nitrogen and oxygen atoms in total. The highest BCUT2D eigenvalue weighted by Gasteiger charge is 2.13. The van der Waals surface area contributed by atoms with E-state index >= 15 is 0 Å². The Morgan fingerprint density at radius 2 is 2.16 bits per heavy atom. The number of thioether (sulfide) groups is 1. The number of benzene rings is 1. The Kier molecular flexibility index (Phi) is 5.70. The monoisotopic (exact) mass is 298 g/mol. The Hall–Kier alpha value is -1.19. The number of nitriles is 1. The Morgan fingerprint density at radius 3 is 2.68 bits per heavy atom. The summed E-state index contributed by atoms with van der Waals surface area (Å²) in [5.74, 6) is 0.931. The Balaban J connectivity index is 2.95. The van der Waals surface area contributed by atoms with Gasteiger partial charge in [-0.2, -0.15) is 5.26 Å². The van der Waals surface area contributed by atoms with Crippen molar-refractivity contribution in [3.63, 3.8) is 0 Å². The lowest BCUT2D eigenvalue weighted by Crippen LogP contribution is -2.25. The molecule has 1 rings (SSSR count). The molecule has 1 unspecified atom stereocenters. The molecule has 104 valence electrons. The van der Waals surface area contributed by atoms with E-state index in [9.17, 15) is 13.7 Å². The minimum absolute atomic E-state index is 0.0447. The molecule has 0 saturated heterocycles.